The molecule has 0 radical (unpaired) electrons. The van der Waals surface area contributed by atoms with Gasteiger partial charge in [0.1, 0.15) is 17.9 Å². The van der Waals surface area contributed by atoms with Crippen LogP contribution in [0.1, 0.15) is 51.7 Å². The monoisotopic (exact) mass is 470 g/mol. The molecule has 6 atom stereocenters. The maximum Gasteiger partial charge on any atom is 0.281 e. The second-order valence-corrected chi connectivity index (χ2v) is 11.5. The van der Waals surface area contributed by atoms with Gasteiger partial charge in [-0.15, -0.1) is 0 Å². The number of nitrogens with zero attached hydrogens (tertiary/aromatic N) is 2. The molecule has 5 rings (SSSR count). The molecular formula is C26H38N4O4. The van der Waals surface area contributed by atoms with Gasteiger partial charge in [-0.05, 0) is 42.0 Å². The topological polar surface area (TPSA) is 115 Å². The zero-order valence-electron chi connectivity index (χ0n) is 21.1. The maximum atomic E-state index is 12.3. The van der Waals surface area contributed by atoms with Crippen molar-refractivity contribution in [3.63, 3.8) is 0 Å². The van der Waals surface area contributed by atoms with Gasteiger partial charge in [0.2, 0.25) is 0 Å². The highest BCUT2D eigenvalue weighted by atomic mass is 16.7. The van der Waals surface area contributed by atoms with Gasteiger partial charge in [0, 0.05) is 42.2 Å². The number of benzene rings is 1. The van der Waals surface area contributed by atoms with Gasteiger partial charge in [0.25, 0.3) is 11.8 Å². The predicted molar refractivity (Wildman–Crippen MR) is 131 cm³/mol. The fourth-order valence-electron chi connectivity index (χ4n) is 7.90. The van der Waals surface area contributed by atoms with E-state index < -0.39 is 34.8 Å². The third kappa shape index (κ3) is 2.62. The Balaban J connectivity index is 1.90. The molecule has 1 saturated heterocycles. The number of fused-ring (bicyclic) bond motifs is 1. The number of hydrogen-bond donors (Lipinski definition) is 4. The van der Waals surface area contributed by atoms with E-state index >= 15 is 0 Å². The Kier molecular flexibility index (Phi) is 4.91. The van der Waals surface area contributed by atoms with Crippen molar-refractivity contribution in [2.45, 2.75) is 75.3 Å². The van der Waals surface area contributed by atoms with Crippen molar-refractivity contribution in [1.29, 1.82) is 5.41 Å². The van der Waals surface area contributed by atoms with E-state index in [1.54, 1.807) is 7.11 Å². The molecule has 1 saturated carbocycles. The molecule has 2 fully saturated rings. The van der Waals surface area contributed by atoms with Crippen molar-refractivity contribution in [2.75, 3.05) is 32.1 Å². The number of nitrogens with two attached hydrogens (primary N) is 1. The lowest BCUT2D eigenvalue weighted by Crippen LogP contribution is -2.79. The summed E-state index contributed by atoms with van der Waals surface area (Å²) in [5.41, 5.74) is 7.56. The van der Waals surface area contributed by atoms with E-state index in [-0.39, 0.29) is 11.5 Å². The Labute approximate surface area is 201 Å². The number of amidine groups is 1. The number of anilines is 1. The van der Waals surface area contributed by atoms with E-state index in [9.17, 15) is 10.2 Å². The fraction of sp³-hybridized carbons (Fsp3) is 0.654. The van der Waals surface area contributed by atoms with Crippen LogP contribution in [0.15, 0.2) is 24.3 Å². The van der Waals surface area contributed by atoms with Crippen molar-refractivity contribution >= 4 is 11.7 Å². The van der Waals surface area contributed by atoms with Gasteiger partial charge in [-0.3, -0.25) is 10.3 Å². The fourth-order valence-corrected chi connectivity index (χ4v) is 7.90. The van der Waals surface area contributed by atoms with Crippen LogP contribution in [0.3, 0.4) is 0 Å². The first-order valence-corrected chi connectivity index (χ1v) is 12.2. The number of aliphatic hydroxyl groups is 2. The number of nitrogens with one attached hydrogen (secondary N) is 1. The first kappa shape index (κ1) is 23.5. The van der Waals surface area contributed by atoms with Crippen LogP contribution >= 0.6 is 0 Å². The molecule has 1 aromatic carbocycles. The average molecular weight is 471 g/mol. The molecule has 1 aromatic rings. The molecule has 1 spiro atoms. The van der Waals surface area contributed by atoms with E-state index in [1.165, 1.54) is 11.1 Å². The van der Waals surface area contributed by atoms with Crippen LogP contribution in [0.2, 0.25) is 0 Å². The Morgan fingerprint density at radius 2 is 2.00 bits per heavy atom. The summed E-state index contributed by atoms with van der Waals surface area (Å²) in [6, 6.07) is 2.86. The van der Waals surface area contributed by atoms with Gasteiger partial charge in [-0.25, -0.2) is 0 Å². The minimum atomic E-state index is -2.08. The lowest BCUT2D eigenvalue weighted by Gasteiger charge is -2.63. The molecule has 3 aliphatic heterocycles. The third-order valence-electron chi connectivity index (χ3n) is 8.98. The summed E-state index contributed by atoms with van der Waals surface area (Å²) < 4.78 is 11.4. The first-order valence-electron chi connectivity index (χ1n) is 12.2. The first-order chi connectivity index (χ1) is 15.9. The van der Waals surface area contributed by atoms with Gasteiger partial charge < -0.3 is 30.3 Å². The number of hydrogen-bond acceptors (Lipinski definition) is 7. The molecule has 34 heavy (non-hydrogen) atoms. The van der Waals surface area contributed by atoms with Crippen LogP contribution < -0.4 is 15.4 Å². The van der Waals surface area contributed by atoms with Gasteiger partial charge in [0.05, 0.1) is 7.11 Å². The Bertz CT molecular complexity index is 1070. The molecule has 8 nitrogen and oxygen atoms in total. The van der Waals surface area contributed by atoms with Crippen molar-refractivity contribution in [2.24, 2.45) is 11.1 Å². The molecule has 8 heteroatoms. The Morgan fingerprint density at radius 3 is 2.59 bits per heavy atom. The minimum absolute atomic E-state index is 0.0379. The van der Waals surface area contributed by atoms with E-state index in [2.05, 4.69) is 50.8 Å². The summed E-state index contributed by atoms with van der Waals surface area (Å²) in [4.78, 5) is 4.48. The summed E-state index contributed by atoms with van der Waals surface area (Å²) in [7, 11) is 3.60. The molecular weight excluding hydrogens is 432 g/mol. The quantitative estimate of drug-likeness (QED) is 0.231. The molecule has 5 N–H and O–H groups in total. The van der Waals surface area contributed by atoms with Crippen LogP contribution in [0.25, 0.3) is 0 Å². The summed E-state index contributed by atoms with van der Waals surface area (Å²) >= 11 is 0. The molecule has 0 amide bonds. The predicted octanol–water partition coefficient (Wildman–Crippen LogP) is 2.06. The van der Waals surface area contributed by atoms with Gasteiger partial charge in [0.15, 0.2) is 0 Å². The zero-order valence-corrected chi connectivity index (χ0v) is 21.1. The molecule has 4 aliphatic rings. The van der Waals surface area contributed by atoms with Crippen LogP contribution in [0.4, 0.5) is 5.69 Å². The summed E-state index contributed by atoms with van der Waals surface area (Å²) in [6.45, 7) is 10.3. The van der Waals surface area contributed by atoms with Crippen molar-refractivity contribution in [3.05, 3.63) is 35.4 Å². The largest absolute Gasteiger partial charge is 0.497 e. The summed E-state index contributed by atoms with van der Waals surface area (Å²) in [5, 5.41) is 32.1. The Hall–Kier alpha value is -2.29. The molecule has 186 valence electrons. The van der Waals surface area contributed by atoms with Crippen LogP contribution in [-0.4, -0.2) is 72.4 Å². The maximum absolute atomic E-state index is 12.3. The van der Waals surface area contributed by atoms with E-state index in [0.717, 1.165) is 30.9 Å². The molecule has 0 bridgehead atoms. The number of rotatable bonds is 3. The van der Waals surface area contributed by atoms with E-state index in [1.807, 2.05) is 18.0 Å². The third-order valence-corrected chi connectivity index (χ3v) is 8.98. The summed E-state index contributed by atoms with van der Waals surface area (Å²) in [5.74, 6) is -1.33. The van der Waals surface area contributed by atoms with Crippen molar-refractivity contribution in [3.8, 4) is 5.75 Å². The molecule has 1 aliphatic carbocycles. The van der Waals surface area contributed by atoms with Gasteiger partial charge in [-0.1, -0.05) is 39.8 Å². The zero-order chi connectivity index (χ0) is 24.8. The minimum Gasteiger partial charge on any atom is -0.497 e. The van der Waals surface area contributed by atoms with Gasteiger partial charge in [-0.2, -0.15) is 0 Å². The second kappa shape index (κ2) is 7.12. The number of aliphatic hydroxyl groups excluding tert-OH is 1. The van der Waals surface area contributed by atoms with Crippen LogP contribution in [0.5, 0.6) is 5.75 Å². The van der Waals surface area contributed by atoms with Crippen molar-refractivity contribution in [1.82, 2.24) is 4.90 Å². The summed E-state index contributed by atoms with van der Waals surface area (Å²) in [6.07, 6.45) is 4.31. The molecule has 0 aromatic heterocycles. The lowest BCUT2D eigenvalue weighted by molar-refractivity contribution is -0.291. The number of likely N-dealkylation sites (N-methyl/N-ethyl adjacent to an activating group) is 1. The smallest absolute Gasteiger partial charge is 0.281 e. The van der Waals surface area contributed by atoms with E-state index in [0.29, 0.717) is 6.42 Å². The van der Waals surface area contributed by atoms with Gasteiger partial charge >= 0.3 is 0 Å². The van der Waals surface area contributed by atoms with Crippen LogP contribution in [0, 0.1) is 10.8 Å². The molecule has 3 unspecified atom stereocenters. The lowest BCUT2D eigenvalue weighted by atomic mass is 9.49. The standard InChI is InChI=1S/C26H38N4O4/c1-7-24-9-8-11-30-12-10-25(19(24)30)18-16(23(2,3)4)13-15(33-6)14-17(18)29(5)20(25)26(32,21(24)31)34-22(27)28/h8-9,13-14,19-21,31-32H,7,10-12H2,1-6H3,(H3,27,28)/t19?,20?,21-,24-,25?,26-/m1/s1. The van der Waals surface area contributed by atoms with E-state index in [4.69, 9.17) is 20.6 Å². The Morgan fingerprint density at radius 1 is 1.29 bits per heavy atom. The average Bonchev–Trinajstić information content (AvgIpc) is 3.28. The normalized spacial score (nSPS) is 38.4. The highest BCUT2D eigenvalue weighted by Gasteiger charge is 2.78. The van der Waals surface area contributed by atoms with Crippen LogP contribution in [-0.2, 0) is 15.6 Å². The highest BCUT2D eigenvalue weighted by molar-refractivity contribution is 5.74. The highest BCUT2D eigenvalue weighted by Crippen LogP contribution is 2.68. The molecule has 3 heterocycles. The number of methoxy groups -OCH3 is 1. The second-order valence-electron chi connectivity index (χ2n) is 11.5. The SMILES string of the molecule is CC[C@]12C=CCN3CCC4(c5c(cc(OC)cc5C(C)(C)C)N(C)C4[C@@](O)(OC(=N)N)[C@@H]1O)C32. The van der Waals surface area contributed by atoms with Crippen molar-refractivity contribution < 1.29 is 19.7 Å². The number of ether oxygens (including phenoxy) is 2.